The van der Waals surface area contributed by atoms with Gasteiger partial charge in [0.25, 0.3) is 0 Å². The summed E-state index contributed by atoms with van der Waals surface area (Å²) >= 11 is 1.24. The van der Waals surface area contributed by atoms with E-state index in [-0.39, 0.29) is 29.9 Å². The van der Waals surface area contributed by atoms with E-state index in [4.69, 9.17) is 0 Å². The number of amides is 2. The minimum atomic E-state index is -0.328. The Hall–Kier alpha value is -2.68. The van der Waals surface area contributed by atoms with Crippen LogP contribution >= 0.6 is 11.8 Å². The number of likely N-dealkylation sites (N-methyl/N-ethyl adjacent to an activating group) is 2. The third-order valence-corrected chi connectivity index (χ3v) is 4.85. The van der Waals surface area contributed by atoms with Gasteiger partial charge in [-0.05, 0) is 38.1 Å². The molecule has 28 heavy (non-hydrogen) atoms. The smallest absolute Gasteiger partial charge is 0.239 e. The lowest BCUT2D eigenvalue weighted by Crippen LogP contribution is -2.41. The number of hydrogen-bond acceptors (Lipinski definition) is 5. The standard InChI is InChI=1S/C19H24FN5O2S/c1-4-11-25-18(14-7-9-15(20)10-8-14)22-23-19(25)28-13-17(27)24(6-3)12-16(26)21-5-2/h4,7-10H,1,5-6,11-13H2,2-3H3,(H,21,26). The number of thioether (sulfide) groups is 1. The lowest BCUT2D eigenvalue weighted by Gasteiger charge is -2.20. The highest BCUT2D eigenvalue weighted by Crippen LogP contribution is 2.24. The van der Waals surface area contributed by atoms with Gasteiger partial charge in [-0.2, -0.15) is 0 Å². The molecule has 1 aromatic carbocycles. The fourth-order valence-electron chi connectivity index (χ4n) is 2.52. The summed E-state index contributed by atoms with van der Waals surface area (Å²) in [6.45, 7) is 8.85. The van der Waals surface area contributed by atoms with Crippen molar-refractivity contribution in [3.8, 4) is 11.4 Å². The van der Waals surface area contributed by atoms with E-state index in [9.17, 15) is 14.0 Å². The van der Waals surface area contributed by atoms with Crippen LogP contribution in [0.5, 0.6) is 0 Å². The number of allylic oxidation sites excluding steroid dienone is 1. The summed E-state index contributed by atoms with van der Waals surface area (Å²) in [6, 6.07) is 5.98. The SMILES string of the molecule is C=CCn1c(SCC(=O)N(CC)CC(=O)NCC)nnc1-c1ccc(F)cc1. The molecular formula is C19H24FN5O2S. The van der Waals surface area contributed by atoms with Crippen molar-refractivity contribution in [3.63, 3.8) is 0 Å². The maximum atomic E-state index is 13.2. The molecule has 0 aliphatic carbocycles. The first kappa shape index (κ1) is 21.6. The average molecular weight is 405 g/mol. The van der Waals surface area contributed by atoms with Crippen LogP contribution in [0.2, 0.25) is 0 Å². The highest BCUT2D eigenvalue weighted by Gasteiger charge is 2.19. The van der Waals surface area contributed by atoms with Crippen molar-refractivity contribution in [1.82, 2.24) is 25.0 Å². The lowest BCUT2D eigenvalue weighted by molar-refractivity contribution is -0.133. The van der Waals surface area contributed by atoms with Crippen LogP contribution in [0, 0.1) is 5.82 Å². The van der Waals surface area contributed by atoms with Gasteiger partial charge in [-0.15, -0.1) is 16.8 Å². The Morgan fingerprint density at radius 3 is 2.61 bits per heavy atom. The summed E-state index contributed by atoms with van der Waals surface area (Å²) in [5.74, 6) is 0.0349. The van der Waals surface area contributed by atoms with E-state index in [0.29, 0.717) is 30.6 Å². The van der Waals surface area contributed by atoms with Gasteiger partial charge in [0.1, 0.15) is 5.82 Å². The second kappa shape index (κ2) is 10.6. The van der Waals surface area contributed by atoms with Crippen LogP contribution in [0.15, 0.2) is 42.1 Å². The monoisotopic (exact) mass is 405 g/mol. The fraction of sp³-hybridized carbons (Fsp3) is 0.368. The Morgan fingerprint density at radius 1 is 1.29 bits per heavy atom. The normalized spacial score (nSPS) is 10.5. The average Bonchev–Trinajstić information content (AvgIpc) is 3.08. The molecule has 1 N–H and O–H groups in total. The molecule has 0 fully saturated rings. The van der Waals surface area contributed by atoms with Crippen LogP contribution in [0.3, 0.4) is 0 Å². The van der Waals surface area contributed by atoms with Crippen molar-refractivity contribution in [1.29, 1.82) is 0 Å². The van der Waals surface area contributed by atoms with Crippen molar-refractivity contribution in [2.24, 2.45) is 0 Å². The van der Waals surface area contributed by atoms with Crippen LogP contribution in [0.25, 0.3) is 11.4 Å². The summed E-state index contributed by atoms with van der Waals surface area (Å²) in [5.41, 5.74) is 0.723. The number of nitrogens with zero attached hydrogens (tertiary/aromatic N) is 4. The molecule has 2 aromatic rings. The number of halogens is 1. The first-order valence-corrected chi connectivity index (χ1v) is 9.96. The molecule has 2 rings (SSSR count). The quantitative estimate of drug-likeness (QED) is 0.485. The van der Waals surface area contributed by atoms with Gasteiger partial charge in [0.05, 0.1) is 12.3 Å². The molecule has 1 aromatic heterocycles. The largest absolute Gasteiger partial charge is 0.355 e. The van der Waals surface area contributed by atoms with Crippen molar-refractivity contribution in [2.45, 2.75) is 25.5 Å². The van der Waals surface area contributed by atoms with Crippen molar-refractivity contribution in [3.05, 3.63) is 42.7 Å². The van der Waals surface area contributed by atoms with Gasteiger partial charge < -0.3 is 10.2 Å². The van der Waals surface area contributed by atoms with E-state index in [2.05, 4.69) is 22.1 Å². The Kier molecular flexibility index (Phi) is 8.19. The van der Waals surface area contributed by atoms with Gasteiger partial charge in [-0.3, -0.25) is 14.2 Å². The summed E-state index contributed by atoms with van der Waals surface area (Å²) in [5, 5.41) is 11.6. The highest BCUT2D eigenvalue weighted by molar-refractivity contribution is 7.99. The summed E-state index contributed by atoms with van der Waals surface area (Å²) in [4.78, 5) is 25.7. The van der Waals surface area contributed by atoms with Gasteiger partial charge in [0.15, 0.2) is 11.0 Å². The van der Waals surface area contributed by atoms with Crippen molar-refractivity contribution >= 4 is 23.6 Å². The molecule has 0 aliphatic rings. The molecule has 0 bridgehead atoms. The van der Waals surface area contributed by atoms with Crippen LogP contribution in [-0.2, 0) is 16.1 Å². The second-order valence-corrected chi connectivity index (χ2v) is 6.80. The number of nitrogens with one attached hydrogen (secondary N) is 1. The van der Waals surface area contributed by atoms with Gasteiger partial charge >= 0.3 is 0 Å². The minimum Gasteiger partial charge on any atom is -0.355 e. The molecule has 0 atom stereocenters. The van der Waals surface area contributed by atoms with Crippen molar-refractivity contribution < 1.29 is 14.0 Å². The summed E-state index contributed by atoms with van der Waals surface area (Å²) < 4.78 is 15.0. The highest BCUT2D eigenvalue weighted by atomic mass is 32.2. The Bertz CT molecular complexity index is 822. The molecule has 0 saturated carbocycles. The molecule has 150 valence electrons. The maximum Gasteiger partial charge on any atom is 0.239 e. The minimum absolute atomic E-state index is 0.0317. The van der Waals surface area contributed by atoms with Crippen LogP contribution in [0.4, 0.5) is 4.39 Å². The van der Waals surface area contributed by atoms with Gasteiger partial charge in [0.2, 0.25) is 11.8 Å². The lowest BCUT2D eigenvalue weighted by atomic mass is 10.2. The topological polar surface area (TPSA) is 80.1 Å². The Labute approximate surface area is 168 Å². The third-order valence-electron chi connectivity index (χ3n) is 3.90. The molecule has 1 heterocycles. The van der Waals surface area contributed by atoms with Crippen LogP contribution < -0.4 is 5.32 Å². The zero-order valence-electron chi connectivity index (χ0n) is 16.0. The first-order chi connectivity index (χ1) is 13.5. The molecule has 0 spiro atoms. The zero-order chi connectivity index (χ0) is 20.5. The van der Waals surface area contributed by atoms with E-state index in [1.54, 1.807) is 18.2 Å². The van der Waals surface area contributed by atoms with E-state index in [0.717, 1.165) is 5.56 Å². The number of carbonyl (C=O) groups is 2. The van der Waals surface area contributed by atoms with Crippen molar-refractivity contribution in [2.75, 3.05) is 25.4 Å². The molecule has 0 aliphatic heterocycles. The molecule has 9 heteroatoms. The maximum absolute atomic E-state index is 13.2. The van der Waals surface area contributed by atoms with Gasteiger partial charge in [-0.25, -0.2) is 4.39 Å². The first-order valence-electron chi connectivity index (χ1n) is 8.97. The second-order valence-electron chi connectivity index (χ2n) is 5.86. The van der Waals surface area contributed by atoms with Gasteiger partial charge in [-0.1, -0.05) is 17.8 Å². The number of aromatic nitrogens is 3. The van der Waals surface area contributed by atoms with Crippen LogP contribution in [0.1, 0.15) is 13.8 Å². The van der Waals surface area contributed by atoms with E-state index >= 15 is 0 Å². The predicted octanol–water partition coefficient (Wildman–Crippen LogP) is 2.35. The number of hydrogen-bond donors (Lipinski definition) is 1. The zero-order valence-corrected chi connectivity index (χ0v) is 16.8. The number of carbonyl (C=O) groups excluding carboxylic acids is 2. The number of benzene rings is 1. The molecule has 0 radical (unpaired) electrons. The Morgan fingerprint density at radius 2 is 2.00 bits per heavy atom. The molecule has 7 nitrogen and oxygen atoms in total. The molecule has 0 unspecified atom stereocenters. The summed E-state index contributed by atoms with van der Waals surface area (Å²) in [7, 11) is 0. The Balaban J connectivity index is 2.10. The summed E-state index contributed by atoms with van der Waals surface area (Å²) in [6.07, 6.45) is 1.70. The van der Waals surface area contributed by atoms with Gasteiger partial charge in [0, 0.05) is 25.2 Å². The third kappa shape index (κ3) is 5.66. The fourth-order valence-corrected chi connectivity index (χ4v) is 3.37. The van der Waals surface area contributed by atoms with E-state index < -0.39 is 0 Å². The van der Waals surface area contributed by atoms with E-state index in [1.807, 2.05) is 18.4 Å². The molecular weight excluding hydrogens is 381 g/mol. The predicted molar refractivity (Wildman–Crippen MR) is 107 cm³/mol. The molecule has 0 saturated heterocycles. The van der Waals surface area contributed by atoms with E-state index in [1.165, 1.54) is 28.8 Å². The molecule has 2 amide bonds. The van der Waals surface area contributed by atoms with Crippen LogP contribution in [-0.4, -0.2) is 56.9 Å². The number of rotatable bonds is 10.